The lowest BCUT2D eigenvalue weighted by atomic mass is 10.1. The molecule has 1 rings (SSSR count). The first-order valence-electron chi connectivity index (χ1n) is 3.54. The van der Waals surface area contributed by atoms with Gasteiger partial charge in [0.2, 0.25) is 0 Å². The number of carbonyl (C=O) groups excluding carboxylic acids is 1. The molecule has 0 fully saturated rings. The summed E-state index contributed by atoms with van der Waals surface area (Å²) in [4.78, 5) is 10.2. The minimum absolute atomic E-state index is 0.329. The number of methoxy groups -OCH3 is 1. The summed E-state index contributed by atoms with van der Waals surface area (Å²) in [5, 5.41) is 0.600. The van der Waals surface area contributed by atoms with Crippen LogP contribution in [0.2, 0.25) is 5.02 Å². The lowest BCUT2D eigenvalue weighted by Crippen LogP contribution is -1.89. The van der Waals surface area contributed by atoms with Gasteiger partial charge in [-0.3, -0.25) is 0 Å². The van der Waals surface area contributed by atoms with Crippen LogP contribution in [0.25, 0.3) is 0 Å². The molecule has 0 heterocycles. The summed E-state index contributed by atoms with van der Waals surface area (Å²) in [6, 6.07) is 5.24. The molecular weight excluding hydrogens is 176 g/mol. The third-order valence-electron chi connectivity index (χ3n) is 1.56. The molecule has 0 N–H and O–H groups in total. The fourth-order valence-electron chi connectivity index (χ4n) is 0.924. The number of aldehydes is 1. The quantitative estimate of drug-likeness (QED) is 0.673. The van der Waals surface area contributed by atoms with E-state index in [1.54, 1.807) is 25.3 Å². The molecule has 0 aliphatic carbocycles. The van der Waals surface area contributed by atoms with E-state index in [1.807, 2.05) is 0 Å². The Hall–Kier alpha value is -1.02. The average molecular weight is 185 g/mol. The minimum atomic E-state index is 0.329. The monoisotopic (exact) mass is 184 g/mol. The van der Waals surface area contributed by atoms with Crippen molar-refractivity contribution in [1.29, 1.82) is 0 Å². The van der Waals surface area contributed by atoms with Gasteiger partial charge < -0.3 is 9.53 Å². The van der Waals surface area contributed by atoms with Gasteiger partial charge in [0.1, 0.15) is 12.0 Å². The molecule has 1 aromatic carbocycles. The maximum atomic E-state index is 10.2. The van der Waals surface area contributed by atoms with Crippen LogP contribution in [0.15, 0.2) is 18.2 Å². The fraction of sp³-hybridized carbons (Fsp3) is 0.222. The first-order chi connectivity index (χ1) is 5.77. The highest BCUT2D eigenvalue weighted by atomic mass is 35.5. The molecule has 1 aromatic rings. The number of hydrogen-bond acceptors (Lipinski definition) is 2. The molecule has 0 atom stereocenters. The van der Waals surface area contributed by atoms with Crippen molar-refractivity contribution in [1.82, 2.24) is 0 Å². The molecule has 0 saturated carbocycles. The zero-order valence-corrected chi connectivity index (χ0v) is 7.47. The smallest absolute Gasteiger partial charge is 0.124 e. The molecule has 0 aliphatic heterocycles. The number of benzene rings is 1. The molecular formula is C9H9ClO2. The van der Waals surface area contributed by atoms with Crippen molar-refractivity contribution in [3.8, 4) is 5.75 Å². The largest absolute Gasteiger partial charge is 0.497 e. The van der Waals surface area contributed by atoms with E-state index < -0.39 is 0 Å². The van der Waals surface area contributed by atoms with Crippen molar-refractivity contribution < 1.29 is 9.53 Å². The highest BCUT2D eigenvalue weighted by molar-refractivity contribution is 6.31. The predicted molar refractivity (Wildman–Crippen MR) is 47.8 cm³/mol. The van der Waals surface area contributed by atoms with Gasteiger partial charge in [-0.05, 0) is 23.8 Å². The lowest BCUT2D eigenvalue weighted by Gasteiger charge is -2.03. The van der Waals surface area contributed by atoms with Crippen molar-refractivity contribution in [3.63, 3.8) is 0 Å². The highest BCUT2D eigenvalue weighted by Gasteiger charge is 2.00. The van der Waals surface area contributed by atoms with Crippen molar-refractivity contribution in [2.24, 2.45) is 0 Å². The van der Waals surface area contributed by atoms with Crippen molar-refractivity contribution in [2.75, 3.05) is 7.11 Å². The van der Waals surface area contributed by atoms with E-state index in [2.05, 4.69) is 0 Å². The molecule has 2 nitrogen and oxygen atoms in total. The third kappa shape index (κ3) is 1.98. The second-order valence-corrected chi connectivity index (χ2v) is 2.74. The molecule has 12 heavy (non-hydrogen) atoms. The van der Waals surface area contributed by atoms with Gasteiger partial charge in [-0.2, -0.15) is 0 Å². The minimum Gasteiger partial charge on any atom is -0.497 e. The molecule has 0 aromatic heterocycles. The van der Waals surface area contributed by atoms with Gasteiger partial charge >= 0.3 is 0 Å². The average Bonchev–Trinajstić information content (AvgIpc) is 2.09. The second kappa shape index (κ2) is 4.12. The van der Waals surface area contributed by atoms with Crippen LogP contribution >= 0.6 is 11.6 Å². The Labute approximate surface area is 76.1 Å². The van der Waals surface area contributed by atoms with Crippen molar-refractivity contribution >= 4 is 17.9 Å². The normalized spacial score (nSPS) is 9.50. The Bertz CT molecular complexity index is 284. The van der Waals surface area contributed by atoms with Gasteiger partial charge in [0.25, 0.3) is 0 Å². The number of hydrogen-bond donors (Lipinski definition) is 0. The van der Waals surface area contributed by atoms with E-state index in [4.69, 9.17) is 16.3 Å². The number of carbonyl (C=O) groups is 1. The van der Waals surface area contributed by atoms with Crippen LogP contribution in [-0.2, 0) is 11.2 Å². The molecule has 0 unspecified atom stereocenters. The van der Waals surface area contributed by atoms with Gasteiger partial charge in [-0.1, -0.05) is 11.6 Å². The Morgan fingerprint density at radius 1 is 1.58 bits per heavy atom. The van der Waals surface area contributed by atoms with Gasteiger partial charge in [0, 0.05) is 11.4 Å². The summed E-state index contributed by atoms with van der Waals surface area (Å²) in [7, 11) is 1.58. The predicted octanol–water partition coefficient (Wildman–Crippen LogP) is 2.09. The van der Waals surface area contributed by atoms with E-state index in [1.165, 1.54) is 0 Å². The van der Waals surface area contributed by atoms with E-state index in [-0.39, 0.29) is 0 Å². The summed E-state index contributed by atoms with van der Waals surface area (Å²) >= 11 is 5.82. The molecule has 0 radical (unpaired) electrons. The third-order valence-corrected chi connectivity index (χ3v) is 1.92. The van der Waals surface area contributed by atoms with Gasteiger partial charge in [0.15, 0.2) is 0 Å². The van der Waals surface area contributed by atoms with Gasteiger partial charge in [0.05, 0.1) is 7.11 Å². The summed E-state index contributed by atoms with van der Waals surface area (Å²) in [5.74, 6) is 0.719. The molecule has 0 amide bonds. The summed E-state index contributed by atoms with van der Waals surface area (Å²) in [6.45, 7) is 0. The zero-order chi connectivity index (χ0) is 8.97. The molecule has 0 saturated heterocycles. The summed E-state index contributed by atoms with van der Waals surface area (Å²) in [5.41, 5.74) is 0.797. The lowest BCUT2D eigenvalue weighted by molar-refractivity contribution is -0.107. The van der Waals surface area contributed by atoms with Gasteiger partial charge in [-0.15, -0.1) is 0 Å². The van der Waals surface area contributed by atoms with Crippen LogP contribution in [0.4, 0.5) is 0 Å². The maximum absolute atomic E-state index is 10.2. The Balaban J connectivity index is 2.99. The van der Waals surface area contributed by atoms with Crippen LogP contribution in [0, 0.1) is 0 Å². The van der Waals surface area contributed by atoms with Crippen LogP contribution in [-0.4, -0.2) is 13.4 Å². The highest BCUT2D eigenvalue weighted by Crippen LogP contribution is 2.21. The van der Waals surface area contributed by atoms with Crippen LogP contribution in [0.5, 0.6) is 5.75 Å². The van der Waals surface area contributed by atoms with E-state index in [9.17, 15) is 4.79 Å². The Morgan fingerprint density at radius 3 is 2.92 bits per heavy atom. The maximum Gasteiger partial charge on any atom is 0.124 e. The van der Waals surface area contributed by atoms with Crippen LogP contribution < -0.4 is 4.74 Å². The van der Waals surface area contributed by atoms with Crippen molar-refractivity contribution in [3.05, 3.63) is 28.8 Å². The van der Waals surface area contributed by atoms with E-state index >= 15 is 0 Å². The molecule has 0 spiro atoms. The zero-order valence-electron chi connectivity index (χ0n) is 6.71. The van der Waals surface area contributed by atoms with E-state index in [0.29, 0.717) is 11.4 Å². The first kappa shape index (κ1) is 9.07. The van der Waals surface area contributed by atoms with Gasteiger partial charge in [-0.25, -0.2) is 0 Å². The van der Waals surface area contributed by atoms with E-state index in [0.717, 1.165) is 17.6 Å². The Morgan fingerprint density at radius 2 is 2.33 bits per heavy atom. The fourth-order valence-corrected chi connectivity index (χ4v) is 1.12. The SMILES string of the molecule is COc1ccc(Cl)c(CC=O)c1. The summed E-state index contributed by atoms with van der Waals surface area (Å²) in [6.07, 6.45) is 1.15. The number of rotatable bonds is 3. The number of halogens is 1. The molecule has 0 bridgehead atoms. The molecule has 0 aliphatic rings. The van der Waals surface area contributed by atoms with Crippen LogP contribution in [0.1, 0.15) is 5.56 Å². The van der Waals surface area contributed by atoms with Crippen molar-refractivity contribution in [2.45, 2.75) is 6.42 Å². The van der Waals surface area contributed by atoms with Crippen LogP contribution in [0.3, 0.4) is 0 Å². The standard InChI is InChI=1S/C9H9ClO2/c1-12-8-2-3-9(10)7(6-8)4-5-11/h2-3,5-6H,4H2,1H3. The number of ether oxygens (including phenoxy) is 1. The summed E-state index contributed by atoms with van der Waals surface area (Å²) < 4.78 is 4.98. The topological polar surface area (TPSA) is 26.3 Å². The molecule has 64 valence electrons. The first-order valence-corrected chi connectivity index (χ1v) is 3.91. The Kier molecular flexibility index (Phi) is 3.11. The second-order valence-electron chi connectivity index (χ2n) is 2.33. The molecule has 3 heteroatoms.